The summed E-state index contributed by atoms with van der Waals surface area (Å²) in [7, 11) is 0. The molecule has 0 fully saturated rings. The number of Topliss-reactive ketones (excluding diaryl/α,β-unsaturated/α-hetero) is 1. The maximum absolute atomic E-state index is 11.2. The van der Waals surface area contributed by atoms with Crippen LogP contribution in [0, 0.1) is 11.8 Å². The molecule has 0 aliphatic heterocycles. The van der Waals surface area contributed by atoms with Crippen LogP contribution in [-0.4, -0.2) is 12.4 Å². The van der Waals surface area contributed by atoms with Gasteiger partial charge in [-0.3, -0.25) is 0 Å². The smallest absolute Gasteiger partial charge is 0.130 e. The Labute approximate surface area is 144 Å². The Bertz CT molecular complexity index is 715. The lowest BCUT2D eigenvalue weighted by Gasteiger charge is -2.09. The highest BCUT2D eigenvalue weighted by molar-refractivity contribution is 5.76. The summed E-state index contributed by atoms with van der Waals surface area (Å²) in [5.41, 5.74) is 3.11. The SMILES string of the molecule is CCCOc1ccc(C#Cc2ccc(C(C)CC(C)=O)cc2)cc1. The third-order valence-corrected chi connectivity index (χ3v) is 3.75. The lowest BCUT2D eigenvalue weighted by atomic mass is 9.95. The minimum Gasteiger partial charge on any atom is -0.494 e. The number of ether oxygens (including phenoxy) is 1. The molecule has 0 spiro atoms. The molecule has 124 valence electrons. The van der Waals surface area contributed by atoms with Gasteiger partial charge in [0.15, 0.2) is 0 Å². The molecule has 2 nitrogen and oxygen atoms in total. The summed E-state index contributed by atoms with van der Waals surface area (Å²) in [6, 6.07) is 16.0. The molecule has 24 heavy (non-hydrogen) atoms. The van der Waals surface area contributed by atoms with Crippen molar-refractivity contribution in [1.82, 2.24) is 0 Å². The Morgan fingerprint density at radius 3 is 2.04 bits per heavy atom. The van der Waals surface area contributed by atoms with E-state index in [2.05, 4.69) is 37.8 Å². The van der Waals surface area contributed by atoms with Crippen LogP contribution in [0.2, 0.25) is 0 Å². The first-order chi connectivity index (χ1) is 11.6. The van der Waals surface area contributed by atoms with Crippen molar-refractivity contribution in [2.75, 3.05) is 6.61 Å². The average Bonchev–Trinajstić information content (AvgIpc) is 2.59. The van der Waals surface area contributed by atoms with Crippen LogP contribution in [0.4, 0.5) is 0 Å². The highest BCUT2D eigenvalue weighted by Crippen LogP contribution is 2.19. The van der Waals surface area contributed by atoms with Gasteiger partial charge in [0.25, 0.3) is 0 Å². The molecule has 2 aromatic rings. The van der Waals surface area contributed by atoms with Crippen LogP contribution in [0.25, 0.3) is 0 Å². The minimum absolute atomic E-state index is 0.220. The van der Waals surface area contributed by atoms with Gasteiger partial charge in [0, 0.05) is 17.5 Å². The molecule has 0 saturated heterocycles. The van der Waals surface area contributed by atoms with Crippen LogP contribution < -0.4 is 4.74 Å². The van der Waals surface area contributed by atoms with Crippen LogP contribution in [0.3, 0.4) is 0 Å². The maximum atomic E-state index is 11.2. The van der Waals surface area contributed by atoms with Crippen LogP contribution in [0.15, 0.2) is 48.5 Å². The van der Waals surface area contributed by atoms with E-state index in [4.69, 9.17) is 4.74 Å². The van der Waals surface area contributed by atoms with Crippen LogP contribution in [-0.2, 0) is 4.79 Å². The monoisotopic (exact) mass is 320 g/mol. The Kier molecular flexibility index (Phi) is 6.63. The average molecular weight is 320 g/mol. The van der Waals surface area contributed by atoms with Crippen molar-refractivity contribution in [2.45, 2.75) is 39.5 Å². The molecular weight excluding hydrogens is 296 g/mol. The third kappa shape index (κ3) is 5.59. The van der Waals surface area contributed by atoms with Gasteiger partial charge in [-0.25, -0.2) is 0 Å². The van der Waals surface area contributed by atoms with Gasteiger partial charge in [0.2, 0.25) is 0 Å². The predicted octanol–water partition coefficient (Wildman–Crippen LogP) is 4.96. The summed E-state index contributed by atoms with van der Waals surface area (Å²) in [6.45, 7) is 6.53. The first kappa shape index (κ1) is 17.8. The Balaban J connectivity index is 2.01. The zero-order valence-electron chi connectivity index (χ0n) is 14.6. The summed E-state index contributed by atoms with van der Waals surface area (Å²) in [6.07, 6.45) is 1.58. The normalized spacial score (nSPS) is 11.3. The molecule has 0 heterocycles. The lowest BCUT2D eigenvalue weighted by molar-refractivity contribution is -0.117. The molecule has 0 radical (unpaired) electrons. The van der Waals surface area contributed by atoms with E-state index in [0.717, 1.165) is 29.9 Å². The van der Waals surface area contributed by atoms with Gasteiger partial charge >= 0.3 is 0 Å². The van der Waals surface area contributed by atoms with Crippen LogP contribution >= 0.6 is 0 Å². The van der Waals surface area contributed by atoms with Gasteiger partial charge in [-0.1, -0.05) is 37.8 Å². The van der Waals surface area contributed by atoms with Crippen molar-refractivity contribution in [1.29, 1.82) is 0 Å². The number of carbonyl (C=O) groups is 1. The van der Waals surface area contributed by atoms with Crippen molar-refractivity contribution in [2.24, 2.45) is 0 Å². The van der Waals surface area contributed by atoms with E-state index < -0.39 is 0 Å². The second-order valence-corrected chi connectivity index (χ2v) is 6.05. The molecule has 0 amide bonds. The first-order valence-electron chi connectivity index (χ1n) is 8.42. The van der Waals surface area contributed by atoms with Crippen LogP contribution in [0.1, 0.15) is 56.2 Å². The van der Waals surface area contributed by atoms with Gasteiger partial charge in [-0.2, -0.15) is 0 Å². The summed E-state index contributed by atoms with van der Waals surface area (Å²) in [5.74, 6) is 7.69. The number of carbonyl (C=O) groups excluding carboxylic acids is 1. The van der Waals surface area contributed by atoms with E-state index >= 15 is 0 Å². The molecule has 0 aliphatic carbocycles. The van der Waals surface area contributed by atoms with E-state index in [0.29, 0.717) is 6.42 Å². The standard InChI is InChI=1S/C22H24O2/c1-4-15-24-22-13-9-20(10-14-22)6-5-19-7-11-21(12-8-19)17(2)16-18(3)23/h7-14,17H,4,15-16H2,1-3H3. The van der Waals surface area contributed by atoms with Gasteiger partial charge in [0.1, 0.15) is 11.5 Å². The highest BCUT2D eigenvalue weighted by atomic mass is 16.5. The number of ketones is 1. The summed E-state index contributed by atoms with van der Waals surface area (Å²) >= 11 is 0. The second kappa shape index (κ2) is 8.93. The Morgan fingerprint density at radius 2 is 1.54 bits per heavy atom. The molecule has 0 N–H and O–H groups in total. The molecule has 0 aromatic heterocycles. The zero-order chi connectivity index (χ0) is 17.4. The molecule has 1 unspecified atom stereocenters. The fourth-order valence-electron chi connectivity index (χ4n) is 2.44. The Morgan fingerprint density at radius 1 is 1.00 bits per heavy atom. The second-order valence-electron chi connectivity index (χ2n) is 6.05. The number of hydrogen-bond donors (Lipinski definition) is 0. The van der Waals surface area contributed by atoms with Gasteiger partial charge in [0.05, 0.1) is 6.61 Å². The number of rotatable bonds is 6. The molecule has 0 bridgehead atoms. The van der Waals surface area contributed by atoms with Crippen molar-refractivity contribution < 1.29 is 9.53 Å². The summed E-state index contributed by atoms with van der Waals surface area (Å²) in [4.78, 5) is 11.2. The van der Waals surface area contributed by atoms with Gasteiger partial charge < -0.3 is 9.53 Å². The van der Waals surface area contributed by atoms with Crippen molar-refractivity contribution in [3.8, 4) is 17.6 Å². The highest BCUT2D eigenvalue weighted by Gasteiger charge is 2.07. The van der Waals surface area contributed by atoms with Crippen molar-refractivity contribution in [3.05, 3.63) is 65.2 Å². The lowest BCUT2D eigenvalue weighted by Crippen LogP contribution is -2.00. The van der Waals surface area contributed by atoms with Crippen molar-refractivity contribution in [3.63, 3.8) is 0 Å². The molecule has 2 aromatic carbocycles. The van der Waals surface area contributed by atoms with E-state index in [1.54, 1.807) is 6.92 Å². The molecule has 1 atom stereocenters. The Hall–Kier alpha value is -2.53. The molecule has 0 saturated carbocycles. The van der Waals surface area contributed by atoms with Gasteiger partial charge in [-0.15, -0.1) is 0 Å². The topological polar surface area (TPSA) is 26.3 Å². The third-order valence-electron chi connectivity index (χ3n) is 3.75. The quantitative estimate of drug-likeness (QED) is 0.703. The molecular formula is C22H24O2. The minimum atomic E-state index is 0.220. The summed E-state index contributed by atoms with van der Waals surface area (Å²) in [5, 5.41) is 0. The molecule has 2 heteroatoms. The molecule has 2 rings (SSSR count). The van der Waals surface area contributed by atoms with E-state index in [-0.39, 0.29) is 11.7 Å². The first-order valence-corrected chi connectivity index (χ1v) is 8.42. The predicted molar refractivity (Wildman–Crippen MR) is 98.4 cm³/mol. The van der Waals surface area contributed by atoms with Crippen LogP contribution in [0.5, 0.6) is 5.75 Å². The summed E-state index contributed by atoms with van der Waals surface area (Å²) < 4.78 is 5.56. The van der Waals surface area contributed by atoms with Gasteiger partial charge in [-0.05, 0) is 61.2 Å². The maximum Gasteiger partial charge on any atom is 0.130 e. The number of benzene rings is 2. The fraction of sp³-hybridized carbons (Fsp3) is 0.318. The molecule has 0 aliphatic rings. The largest absolute Gasteiger partial charge is 0.494 e. The zero-order valence-corrected chi connectivity index (χ0v) is 14.6. The van der Waals surface area contributed by atoms with E-state index in [1.807, 2.05) is 36.4 Å². The van der Waals surface area contributed by atoms with Crippen molar-refractivity contribution >= 4 is 5.78 Å². The fourth-order valence-corrected chi connectivity index (χ4v) is 2.44. The van der Waals surface area contributed by atoms with E-state index in [9.17, 15) is 4.79 Å². The van der Waals surface area contributed by atoms with E-state index in [1.165, 1.54) is 5.56 Å². The number of hydrogen-bond acceptors (Lipinski definition) is 2.